The Labute approximate surface area is 114 Å². The Morgan fingerprint density at radius 3 is 2.44 bits per heavy atom. The van der Waals surface area contributed by atoms with E-state index < -0.39 is 0 Å². The van der Waals surface area contributed by atoms with E-state index in [9.17, 15) is 0 Å². The molecule has 0 radical (unpaired) electrons. The number of hydrogen-bond acceptors (Lipinski definition) is 2. The minimum atomic E-state index is 0.458. The van der Waals surface area contributed by atoms with Crippen molar-refractivity contribution in [1.82, 2.24) is 10.2 Å². The molecule has 0 bridgehead atoms. The molecule has 106 valence electrons. The van der Waals surface area contributed by atoms with Gasteiger partial charge >= 0.3 is 0 Å². The Bertz CT molecular complexity index is 243. The quantitative estimate of drug-likeness (QED) is 0.828. The van der Waals surface area contributed by atoms with Crippen LogP contribution in [0.5, 0.6) is 0 Å². The van der Waals surface area contributed by atoms with Crippen LogP contribution in [0, 0.1) is 5.92 Å². The highest BCUT2D eigenvalue weighted by atomic mass is 15.2. The molecule has 1 aliphatic carbocycles. The van der Waals surface area contributed by atoms with E-state index in [1.807, 2.05) is 0 Å². The van der Waals surface area contributed by atoms with Gasteiger partial charge in [-0.2, -0.15) is 0 Å². The highest BCUT2D eigenvalue weighted by Crippen LogP contribution is 2.31. The molecule has 1 spiro atoms. The Kier molecular flexibility index (Phi) is 5.08. The van der Waals surface area contributed by atoms with Crippen molar-refractivity contribution in [3.8, 4) is 0 Å². The Balaban J connectivity index is 1.97. The zero-order valence-electron chi connectivity index (χ0n) is 12.7. The zero-order valence-corrected chi connectivity index (χ0v) is 12.7. The summed E-state index contributed by atoms with van der Waals surface area (Å²) in [5.74, 6) is 0.818. The first-order chi connectivity index (χ1) is 8.61. The third-order valence-electron chi connectivity index (χ3n) is 4.87. The van der Waals surface area contributed by atoms with Crippen molar-refractivity contribution >= 4 is 0 Å². The maximum absolute atomic E-state index is 3.89. The summed E-state index contributed by atoms with van der Waals surface area (Å²) in [7, 11) is 0. The van der Waals surface area contributed by atoms with Crippen LogP contribution in [0.25, 0.3) is 0 Å². The first-order valence-electron chi connectivity index (χ1n) is 8.10. The smallest absolute Gasteiger partial charge is 0.0308 e. The fourth-order valence-electron chi connectivity index (χ4n) is 3.93. The van der Waals surface area contributed by atoms with E-state index in [2.05, 4.69) is 31.0 Å². The van der Waals surface area contributed by atoms with Crippen molar-refractivity contribution in [2.75, 3.05) is 19.6 Å². The minimum absolute atomic E-state index is 0.458. The third-order valence-corrected chi connectivity index (χ3v) is 4.87. The summed E-state index contributed by atoms with van der Waals surface area (Å²) in [5.41, 5.74) is 0.458. The van der Waals surface area contributed by atoms with Gasteiger partial charge in [0, 0.05) is 18.1 Å². The van der Waals surface area contributed by atoms with Crippen molar-refractivity contribution in [2.45, 2.75) is 77.3 Å². The molecule has 0 aromatic rings. The second-order valence-corrected chi connectivity index (χ2v) is 7.07. The second kappa shape index (κ2) is 6.38. The molecule has 2 fully saturated rings. The van der Waals surface area contributed by atoms with Crippen LogP contribution < -0.4 is 5.32 Å². The second-order valence-electron chi connectivity index (χ2n) is 7.07. The summed E-state index contributed by atoms with van der Waals surface area (Å²) < 4.78 is 0. The van der Waals surface area contributed by atoms with E-state index in [1.54, 1.807) is 0 Å². The first kappa shape index (κ1) is 14.3. The summed E-state index contributed by atoms with van der Waals surface area (Å²) >= 11 is 0. The maximum atomic E-state index is 3.89. The van der Waals surface area contributed by atoms with Gasteiger partial charge in [0.1, 0.15) is 0 Å². The fraction of sp³-hybridized carbons (Fsp3) is 1.00. The molecule has 2 rings (SSSR count). The van der Waals surface area contributed by atoms with Crippen molar-refractivity contribution in [2.24, 2.45) is 5.92 Å². The van der Waals surface area contributed by atoms with Crippen LogP contribution in [0.4, 0.5) is 0 Å². The summed E-state index contributed by atoms with van der Waals surface area (Å²) in [5, 5.41) is 3.89. The molecule has 1 heterocycles. The Morgan fingerprint density at radius 2 is 1.78 bits per heavy atom. The topological polar surface area (TPSA) is 15.3 Å². The van der Waals surface area contributed by atoms with Gasteiger partial charge in [-0.15, -0.1) is 0 Å². The van der Waals surface area contributed by atoms with Crippen molar-refractivity contribution in [3.63, 3.8) is 0 Å². The monoisotopic (exact) mass is 252 g/mol. The number of hydrogen-bond donors (Lipinski definition) is 1. The van der Waals surface area contributed by atoms with E-state index in [4.69, 9.17) is 0 Å². The average molecular weight is 252 g/mol. The Hall–Kier alpha value is -0.0800. The number of rotatable bonds is 3. The van der Waals surface area contributed by atoms with Gasteiger partial charge in [-0.05, 0) is 51.6 Å². The molecule has 1 unspecified atom stereocenters. The molecule has 2 heteroatoms. The van der Waals surface area contributed by atoms with Gasteiger partial charge in [-0.1, -0.05) is 33.1 Å². The van der Waals surface area contributed by atoms with Crippen LogP contribution in [0.2, 0.25) is 0 Å². The standard InChI is InChI=1S/C16H32N2/c1-14(2)12-15(3)18-11-7-10-17-16(13-18)8-5-4-6-9-16/h14-15,17H,4-13H2,1-3H3. The molecule has 0 amide bonds. The molecule has 0 aromatic carbocycles. The maximum Gasteiger partial charge on any atom is 0.0308 e. The molecular weight excluding hydrogens is 220 g/mol. The van der Waals surface area contributed by atoms with E-state index in [1.165, 1.54) is 64.6 Å². The molecule has 1 saturated heterocycles. The molecule has 0 aromatic heterocycles. The SMILES string of the molecule is CC(C)CC(C)N1CCCNC2(CCCCC2)C1. The summed E-state index contributed by atoms with van der Waals surface area (Å²) in [6.07, 6.45) is 9.78. The lowest BCUT2D eigenvalue weighted by molar-refractivity contribution is 0.124. The lowest BCUT2D eigenvalue weighted by Crippen LogP contribution is -2.54. The van der Waals surface area contributed by atoms with Gasteiger partial charge in [-0.25, -0.2) is 0 Å². The van der Waals surface area contributed by atoms with Gasteiger partial charge < -0.3 is 5.32 Å². The Morgan fingerprint density at radius 1 is 1.06 bits per heavy atom. The van der Waals surface area contributed by atoms with E-state index in [0.29, 0.717) is 5.54 Å². The molecule has 18 heavy (non-hydrogen) atoms. The molecule has 1 aliphatic heterocycles. The fourth-order valence-corrected chi connectivity index (χ4v) is 3.93. The summed E-state index contributed by atoms with van der Waals surface area (Å²) in [6, 6.07) is 0.753. The van der Waals surface area contributed by atoms with Crippen LogP contribution in [0.15, 0.2) is 0 Å². The van der Waals surface area contributed by atoms with E-state index in [-0.39, 0.29) is 0 Å². The lowest BCUT2D eigenvalue weighted by atomic mass is 9.81. The predicted molar refractivity (Wildman–Crippen MR) is 78.9 cm³/mol. The number of nitrogens with zero attached hydrogens (tertiary/aromatic N) is 1. The van der Waals surface area contributed by atoms with Crippen molar-refractivity contribution in [1.29, 1.82) is 0 Å². The highest BCUT2D eigenvalue weighted by Gasteiger charge is 2.35. The molecule has 2 aliphatic rings. The van der Waals surface area contributed by atoms with E-state index in [0.717, 1.165) is 12.0 Å². The molecule has 2 nitrogen and oxygen atoms in total. The van der Waals surface area contributed by atoms with Crippen molar-refractivity contribution < 1.29 is 0 Å². The van der Waals surface area contributed by atoms with E-state index >= 15 is 0 Å². The van der Waals surface area contributed by atoms with Crippen LogP contribution in [-0.2, 0) is 0 Å². The summed E-state index contributed by atoms with van der Waals surface area (Å²) in [6.45, 7) is 10.9. The normalized spacial score (nSPS) is 27.3. The van der Waals surface area contributed by atoms with Crippen molar-refractivity contribution in [3.05, 3.63) is 0 Å². The third kappa shape index (κ3) is 3.71. The lowest BCUT2D eigenvalue weighted by Gasteiger charge is -2.42. The van der Waals surface area contributed by atoms with Crippen LogP contribution in [0.1, 0.15) is 65.7 Å². The minimum Gasteiger partial charge on any atom is -0.310 e. The van der Waals surface area contributed by atoms with Crippen LogP contribution in [0.3, 0.4) is 0 Å². The zero-order chi connectivity index (χ0) is 13.0. The molecular formula is C16H32N2. The van der Waals surface area contributed by atoms with Gasteiger partial charge in [0.2, 0.25) is 0 Å². The molecule has 1 atom stereocenters. The molecule has 1 saturated carbocycles. The van der Waals surface area contributed by atoms with Crippen LogP contribution >= 0.6 is 0 Å². The highest BCUT2D eigenvalue weighted by molar-refractivity contribution is 4.96. The first-order valence-corrected chi connectivity index (χ1v) is 8.10. The van der Waals surface area contributed by atoms with Gasteiger partial charge in [0.25, 0.3) is 0 Å². The predicted octanol–water partition coefficient (Wildman–Crippen LogP) is 3.42. The summed E-state index contributed by atoms with van der Waals surface area (Å²) in [4.78, 5) is 2.77. The largest absolute Gasteiger partial charge is 0.310 e. The van der Waals surface area contributed by atoms with Gasteiger partial charge in [0.05, 0.1) is 0 Å². The van der Waals surface area contributed by atoms with Crippen LogP contribution in [-0.4, -0.2) is 36.1 Å². The number of nitrogens with one attached hydrogen (secondary N) is 1. The average Bonchev–Trinajstić information content (AvgIpc) is 2.52. The molecule has 1 N–H and O–H groups in total. The van der Waals surface area contributed by atoms with Gasteiger partial charge in [0.15, 0.2) is 0 Å². The van der Waals surface area contributed by atoms with Gasteiger partial charge in [-0.3, -0.25) is 4.90 Å².